The van der Waals surface area contributed by atoms with E-state index >= 15 is 0 Å². The molecule has 0 aliphatic heterocycles. The van der Waals surface area contributed by atoms with E-state index in [1.54, 1.807) is 0 Å². The second-order valence-electron chi connectivity index (χ2n) is 6.87. The average Bonchev–Trinajstić information content (AvgIpc) is 2.36. The summed E-state index contributed by atoms with van der Waals surface area (Å²) in [5.74, 6) is 0. The molecular formula is C17H35BrN2. The molecule has 1 saturated carbocycles. The topological polar surface area (TPSA) is 6.48 Å². The van der Waals surface area contributed by atoms with Crippen LogP contribution >= 0.6 is 15.9 Å². The normalized spacial score (nSPS) is 17.7. The molecule has 0 heterocycles. The number of hydrogen-bond donors (Lipinski definition) is 0. The summed E-state index contributed by atoms with van der Waals surface area (Å²) in [5.41, 5.74) is 0.491. The molecule has 120 valence electrons. The maximum atomic E-state index is 3.49. The lowest BCUT2D eigenvalue weighted by molar-refractivity contribution is 0.0275. The number of unbranched alkanes of at least 4 members (excludes halogenated alkanes) is 6. The predicted octanol–water partition coefficient (Wildman–Crippen LogP) is 4.53. The smallest absolute Gasteiger partial charge is 0.0330 e. The minimum atomic E-state index is 0.491. The maximum absolute atomic E-state index is 3.49. The second kappa shape index (κ2) is 10.2. The third kappa shape index (κ3) is 6.44. The summed E-state index contributed by atoms with van der Waals surface area (Å²) in [4.78, 5) is 5.01. The first-order valence-electron chi connectivity index (χ1n) is 8.53. The predicted molar refractivity (Wildman–Crippen MR) is 93.9 cm³/mol. The molecule has 0 unspecified atom stereocenters. The molecule has 0 saturated heterocycles. The van der Waals surface area contributed by atoms with Crippen molar-refractivity contribution in [2.45, 2.75) is 69.7 Å². The maximum Gasteiger partial charge on any atom is 0.0330 e. The van der Waals surface area contributed by atoms with Crippen LogP contribution in [-0.2, 0) is 0 Å². The van der Waals surface area contributed by atoms with Gasteiger partial charge in [0.25, 0.3) is 0 Å². The van der Waals surface area contributed by atoms with Crippen LogP contribution in [0.3, 0.4) is 0 Å². The summed E-state index contributed by atoms with van der Waals surface area (Å²) in [7, 11) is 6.81. The van der Waals surface area contributed by atoms with E-state index < -0.39 is 0 Å². The molecule has 0 aromatic heterocycles. The number of hydrogen-bond acceptors (Lipinski definition) is 2. The average molecular weight is 347 g/mol. The lowest BCUT2D eigenvalue weighted by Crippen LogP contribution is -2.56. The molecule has 3 heteroatoms. The molecule has 0 spiro atoms. The van der Waals surface area contributed by atoms with Gasteiger partial charge in [0.15, 0.2) is 0 Å². The fraction of sp³-hybridized carbons (Fsp3) is 1.00. The third-order valence-electron chi connectivity index (χ3n) is 4.97. The standard InChI is InChI=1S/C17H35BrN2/c1-19(2)17(12-11-13-17)16-20(3)15-10-8-6-4-5-7-9-14-18/h4-16H2,1-3H3. The van der Waals surface area contributed by atoms with Crippen molar-refractivity contribution in [3.05, 3.63) is 0 Å². The summed E-state index contributed by atoms with van der Waals surface area (Å²) in [6.45, 7) is 2.53. The zero-order valence-electron chi connectivity index (χ0n) is 14.0. The van der Waals surface area contributed by atoms with Gasteiger partial charge in [-0.05, 0) is 59.8 Å². The van der Waals surface area contributed by atoms with Gasteiger partial charge in [0, 0.05) is 17.4 Å². The second-order valence-corrected chi connectivity index (χ2v) is 7.67. The summed E-state index contributed by atoms with van der Waals surface area (Å²) in [5, 5.41) is 1.17. The summed E-state index contributed by atoms with van der Waals surface area (Å²) in [6.07, 6.45) is 14.0. The molecule has 0 atom stereocenters. The molecule has 20 heavy (non-hydrogen) atoms. The molecule has 0 radical (unpaired) electrons. The number of alkyl halides is 1. The van der Waals surface area contributed by atoms with Gasteiger partial charge < -0.3 is 9.80 Å². The van der Waals surface area contributed by atoms with Gasteiger partial charge in [-0.3, -0.25) is 0 Å². The molecule has 2 nitrogen and oxygen atoms in total. The summed E-state index contributed by atoms with van der Waals surface area (Å²) < 4.78 is 0. The Kier molecular flexibility index (Phi) is 9.39. The summed E-state index contributed by atoms with van der Waals surface area (Å²) in [6, 6.07) is 0. The van der Waals surface area contributed by atoms with Crippen LogP contribution in [0.15, 0.2) is 0 Å². The molecule has 1 aliphatic carbocycles. The van der Waals surface area contributed by atoms with E-state index in [9.17, 15) is 0 Å². The number of rotatable bonds is 12. The quantitative estimate of drug-likeness (QED) is 0.378. The van der Waals surface area contributed by atoms with Crippen molar-refractivity contribution in [1.82, 2.24) is 9.80 Å². The first kappa shape index (κ1) is 18.4. The first-order chi connectivity index (χ1) is 9.60. The molecule has 1 fully saturated rings. The first-order valence-corrected chi connectivity index (χ1v) is 9.65. The van der Waals surface area contributed by atoms with Crippen molar-refractivity contribution >= 4 is 15.9 Å². The Morgan fingerprint density at radius 3 is 1.85 bits per heavy atom. The van der Waals surface area contributed by atoms with Gasteiger partial charge in [0.05, 0.1) is 0 Å². The van der Waals surface area contributed by atoms with E-state index in [1.165, 1.54) is 82.6 Å². The summed E-state index contributed by atoms with van der Waals surface area (Å²) >= 11 is 3.49. The van der Waals surface area contributed by atoms with E-state index in [-0.39, 0.29) is 0 Å². The van der Waals surface area contributed by atoms with Crippen molar-refractivity contribution in [1.29, 1.82) is 0 Å². The molecule has 0 aromatic carbocycles. The van der Waals surface area contributed by atoms with Crippen molar-refractivity contribution in [3.63, 3.8) is 0 Å². The molecule has 1 aliphatic rings. The molecule has 0 amide bonds. The number of halogens is 1. The van der Waals surface area contributed by atoms with Crippen LogP contribution in [0.25, 0.3) is 0 Å². The zero-order chi connectivity index (χ0) is 14.8. The zero-order valence-corrected chi connectivity index (χ0v) is 15.6. The van der Waals surface area contributed by atoms with Crippen LogP contribution < -0.4 is 0 Å². The third-order valence-corrected chi connectivity index (χ3v) is 5.53. The van der Waals surface area contributed by atoms with Gasteiger partial charge in [-0.15, -0.1) is 0 Å². The largest absolute Gasteiger partial charge is 0.305 e. The highest BCUT2D eigenvalue weighted by Gasteiger charge is 2.39. The molecule has 0 bridgehead atoms. The van der Waals surface area contributed by atoms with Crippen molar-refractivity contribution in [2.75, 3.05) is 39.6 Å². The van der Waals surface area contributed by atoms with E-state index in [4.69, 9.17) is 0 Å². The fourth-order valence-corrected chi connectivity index (χ4v) is 3.67. The Hall–Kier alpha value is 0.400. The van der Waals surface area contributed by atoms with Gasteiger partial charge in [-0.2, -0.15) is 0 Å². The van der Waals surface area contributed by atoms with Crippen molar-refractivity contribution < 1.29 is 0 Å². The van der Waals surface area contributed by atoms with E-state index in [0.717, 1.165) is 0 Å². The molecule has 0 aromatic rings. The lowest BCUT2D eigenvalue weighted by Gasteiger charge is -2.49. The fourth-order valence-electron chi connectivity index (χ4n) is 3.27. The van der Waals surface area contributed by atoms with Crippen LogP contribution in [0.2, 0.25) is 0 Å². The highest BCUT2D eigenvalue weighted by atomic mass is 79.9. The van der Waals surface area contributed by atoms with Gasteiger partial charge >= 0.3 is 0 Å². The Bertz CT molecular complexity index is 239. The molecule has 0 N–H and O–H groups in total. The van der Waals surface area contributed by atoms with Crippen molar-refractivity contribution in [2.24, 2.45) is 0 Å². The minimum absolute atomic E-state index is 0.491. The number of likely N-dealkylation sites (N-methyl/N-ethyl adjacent to an activating group) is 2. The van der Waals surface area contributed by atoms with E-state index in [2.05, 4.69) is 46.9 Å². The molecular weight excluding hydrogens is 312 g/mol. The van der Waals surface area contributed by atoms with Gasteiger partial charge in [-0.25, -0.2) is 0 Å². The van der Waals surface area contributed by atoms with E-state index in [1.807, 2.05) is 0 Å². The Labute approximate surface area is 135 Å². The van der Waals surface area contributed by atoms with E-state index in [0.29, 0.717) is 5.54 Å². The van der Waals surface area contributed by atoms with Crippen molar-refractivity contribution in [3.8, 4) is 0 Å². The highest BCUT2D eigenvalue weighted by molar-refractivity contribution is 9.09. The van der Waals surface area contributed by atoms with Gasteiger partial charge in [-0.1, -0.05) is 48.0 Å². The van der Waals surface area contributed by atoms with Crippen LogP contribution in [-0.4, -0.2) is 54.9 Å². The molecule has 1 rings (SSSR count). The van der Waals surface area contributed by atoms with Crippen LogP contribution in [0.1, 0.15) is 64.2 Å². The highest BCUT2D eigenvalue weighted by Crippen LogP contribution is 2.36. The Balaban J connectivity index is 1.99. The SMILES string of the molecule is CN(CCCCCCCCCBr)CC1(N(C)C)CCC1. The van der Waals surface area contributed by atoms with Gasteiger partial charge in [0.1, 0.15) is 0 Å². The Morgan fingerprint density at radius 1 is 0.850 bits per heavy atom. The number of nitrogens with zero attached hydrogens (tertiary/aromatic N) is 2. The van der Waals surface area contributed by atoms with Crippen LogP contribution in [0.4, 0.5) is 0 Å². The lowest BCUT2D eigenvalue weighted by atomic mass is 9.75. The van der Waals surface area contributed by atoms with Gasteiger partial charge in [0.2, 0.25) is 0 Å². The monoisotopic (exact) mass is 346 g/mol. The van der Waals surface area contributed by atoms with Crippen LogP contribution in [0, 0.1) is 0 Å². The Morgan fingerprint density at radius 2 is 1.40 bits per heavy atom. The van der Waals surface area contributed by atoms with Crippen LogP contribution in [0.5, 0.6) is 0 Å². The minimum Gasteiger partial charge on any atom is -0.305 e.